The molecule has 0 aliphatic rings. The Bertz CT molecular complexity index is 382. The summed E-state index contributed by atoms with van der Waals surface area (Å²) in [4.78, 5) is 0. The third-order valence-electron chi connectivity index (χ3n) is 2.87. The number of rotatable bonds is 2. The van der Waals surface area contributed by atoms with Crippen molar-refractivity contribution in [1.82, 2.24) is 0 Å². The van der Waals surface area contributed by atoms with Crippen molar-refractivity contribution in [2.45, 2.75) is 40.0 Å². The van der Waals surface area contributed by atoms with Crippen LogP contribution in [0.25, 0.3) is 5.57 Å². The van der Waals surface area contributed by atoms with Gasteiger partial charge in [-0.2, -0.15) is 0 Å². The van der Waals surface area contributed by atoms with Crippen molar-refractivity contribution >= 4 is 16.1 Å². The molecular formula is C14H19OSi. The molecule has 1 nitrogen and oxygen atoms in total. The minimum Gasteiger partial charge on any atom is -0.543 e. The van der Waals surface area contributed by atoms with Crippen LogP contribution in [0.4, 0.5) is 0 Å². The number of hydrogen-bond donors (Lipinski definition) is 0. The molecule has 0 saturated heterocycles. The normalized spacial score (nSPS) is 13.4. The molecule has 0 atom stereocenters. The van der Waals surface area contributed by atoms with E-state index < -0.39 is 0 Å². The van der Waals surface area contributed by atoms with Gasteiger partial charge in [-0.15, -0.1) is 0 Å². The van der Waals surface area contributed by atoms with Gasteiger partial charge in [0.1, 0.15) is 0 Å². The summed E-state index contributed by atoms with van der Waals surface area (Å²) in [6.07, 6.45) is 0. The van der Waals surface area contributed by atoms with Crippen molar-refractivity contribution in [2.75, 3.05) is 0 Å². The summed E-state index contributed by atoms with van der Waals surface area (Å²) in [6.45, 7) is 10.7. The molecular weight excluding hydrogens is 212 g/mol. The zero-order valence-corrected chi connectivity index (χ0v) is 11.7. The predicted octanol–water partition coefficient (Wildman–Crippen LogP) is 3.84. The maximum atomic E-state index is 5.05. The van der Waals surface area contributed by atoms with E-state index in [1.54, 1.807) is 0 Å². The Hall–Kier alpha value is -1.02. The fraction of sp³-hybridized carbons (Fsp3) is 0.429. The van der Waals surface area contributed by atoms with Gasteiger partial charge in [0.25, 0.3) is 0 Å². The summed E-state index contributed by atoms with van der Waals surface area (Å²) < 4.78 is 5.05. The number of benzene rings is 1. The number of allylic oxidation sites excluding steroid dienone is 2. The Labute approximate surface area is 102 Å². The lowest BCUT2D eigenvalue weighted by atomic mass is 9.86. The van der Waals surface area contributed by atoms with Crippen molar-refractivity contribution in [2.24, 2.45) is 0 Å². The number of hydrogen-bond acceptors (Lipinski definition) is 1. The molecule has 1 aromatic rings. The van der Waals surface area contributed by atoms with Crippen molar-refractivity contribution in [3.63, 3.8) is 0 Å². The van der Waals surface area contributed by atoms with Crippen molar-refractivity contribution in [3.05, 3.63) is 41.2 Å². The second kappa shape index (κ2) is 4.87. The molecule has 0 heterocycles. The van der Waals surface area contributed by atoms with Crippen LogP contribution >= 0.6 is 0 Å². The van der Waals surface area contributed by atoms with Crippen LogP contribution in [0, 0.1) is 0 Å². The fourth-order valence-electron chi connectivity index (χ4n) is 1.50. The van der Waals surface area contributed by atoms with Gasteiger partial charge in [0.05, 0.1) is 5.76 Å². The Balaban J connectivity index is 3.05. The molecule has 0 spiro atoms. The molecule has 0 N–H and O–H groups in total. The van der Waals surface area contributed by atoms with Crippen LogP contribution in [0.15, 0.2) is 30.0 Å². The highest BCUT2D eigenvalue weighted by atomic mass is 28.2. The van der Waals surface area contributed by atoms with E-state index in [-0.39, 0.29) is 5.41 Å². The van der Waals surface area contributed by atoms with Crippen molar-refractivity contribution in [3.8, 4) is 0 Å². The van der Waals surface area contributed by atoms with E-state index in [1.165, 1.54) is 11.1 Å². The van der Waals surface area contributed by atoms with E-state index in [9.17, 15) is 0 Å². The molecule has 3 radical (unpaired) electrons. The molecule has 2 heteroatoms. The zero-order chi connectivity index (χ0) is 12.3. The molecule has 1 rings (SSSR count). The van der Waals surface area contributed by atoms with Gasteiger partial charge in [-0.05, 0) is 36.0 Å². The smallest absolute Gasteiger partial charge is 0.340 e. The van der Waals surface area contributed by atoms with Gasteiger partial charge in [-0.1, -0.05) is 45.0 Å². The second-order valence-corrected chi connectivity index (χ2v) is 5.31. The van der Waals surface area contributed by atoms with E-state index >= 15 is 0 Å². The lowest BCUT2D eigenvalue weighted by Gasteiger charge is -2.19. The van der Waals surface area contributed by atoms with Crippen LogP contribution in [-0.2, 0) is 9.84 Å². The molecule has 0 fully saturated rings. The van der Waals surface area contributed by atoms with Crippen LogP contribution in [0.1, 0.15) is 45.7 Å². The van der Waals surface area contributed by atoms with E-state index in [0.717, 1.165) is 11.3 Å². The highest BCUT2D eigenvalue weighted by molar-refractivity contribution is 5.99. The van der Waals surface area contributed by atoms with Gasteiger partial charge in [0, 0.05) is 0 Å². The summed E-state index contributed by atoms with van der Waals surface area (Å²) in [6, 6.07) is 8.65. The largest absolute Gasteiger partial charge is 0.543 e. The molecule has 0 unspecified atom stereocenters. The van der Waals surface area contributed by atoms with Crippen LogP contribution in [0.3, 0.4) is 0 Å². The first-order valence-corrected chi connectivity index (χ1v) is 5.89. The van der Waals surface area contributed by atoms with Crippen LogP contribution < -0.4 is 0 Å². The molecule has 0 aliphatic heterocycles. The second-order valence-electron chi connectivity index (χ2n) is 5.11. The first kappa shape index (κ1) is 13.0. The highest BCUT2D eigenvalue weighted by Crippen LogP contribution is 2.25. The van der Waals surface area contributed by atoms with Gasteiger partial charge in [-0.3, -0.25) is 0 Å². The monoisotopic (exact) mass is 231 g/mol. The Kier molecular flexibility index (Phi) is 3.97. The summed E-state index contributed by atoms with van der Waals surface area (Å²) in [7, 11) is 3.05. The van der Waals surface area contributed by atoms with Crippen LogP contribution in [0.5, 0.6) is 0 Å². The van der Waals surface area contributed by atoms with E-state index in [0.29, 0.717) is 0 Å². The summed E-state index contributed by atoms with van der Waals surface area (Å²) >= 11 is 0. The summed E-state index contributed by atoms with van der Waals surface area (Å²) in [5.74, 6) is 0.889. The average molecular weight is 231 g/mol. The van der Waals surface area contributed by atoms with E-state index in [4.69, 9.17) is 4.43 Å². The third-order valence-corrected chi connectivity index (χ3v) is 3.17. The Morgan fingerprint density at radius 1 is 1.06 bits per heavy atom. The van der Waals surface area contributed by atoms with Crippen LogP contribution in [0.2, 0.25) is 0 Å². The molecule has 1 aromatic carbocycles. The molecule has 85 valence electrons. The van der Waals surface area contributed by atoms with Gasteiger partial charge in [0.2, 0.25) is 0 Å². The lowest BCUT2D eigenvalue weighted by molar-refractivity contribution is 0.475. The standard InChI is InChI=1S/C14H19OSi/c1-10(11(2)15-16)12-6-8-13(9-7-12)14(3,4)5/h6-9H,1-5H3. The minimum atomic E-state index is 0.205. The first-order valence-electron chi connectivity index (χ1n) is 5.48. The molecule has 0 aromatic heterocycles. The van der Waals surface area contributed by atoms with E-state index in [1.807, 2.05) is 6.92 Å². The predicted molar refractivity (Wildman–Crippen MR) is 70.2 cm³/mol. The van der Waals surface area contributed by atoms with Crippen LogP contribution in [-0.4, -0.2) is 10.5 Å². The zero-order valence-electron chi connectivity index (χ0n) is 10.7. The maximum Gasteiger partial charge on any atom is 0.340 e. The maximum absolute atomic E-state index is 5.05. The van der Waals surface area contributed by atoms with Crippen molar-refractivity contribution in [1.29, 1.82) is 0 Å². The van der Waals surface area contributed by atoms with Crippen molar-refractivity contribution < 1.29 is 4.43 Å². The molecule has 0 aliphatic carbocycles. The lowest BCUT2D eigenvalue weighted by Crippen LogP contribution is -2.10. The van der Waals surface area contributed by atoms with Gasteiger partial charge < -0.3 is 4.43 Å². The SMILES string of the molecule is CC(O[Si])=C(C)c1ccc(C(C)(C)C)cc1. The Morgan fingerprint density at radius 2 is 1.56 bits per heavy atom. The topological polar surface area (TPSA) is 9.23 Å². The van der Waals surface area contributed by atoms with Gasteiger partial charge >= 0.3 is 10.5 Å². The highest BCUT2D eigenvalue weighted by Gasteiger charge is 2.13. The van der Waals surface area contributed by atoms with E-state index in [2.05, 4.69) is 62.4 Å². The average Bonchev–Trinajstić information content (AvgIpc) is 2.26. The quantitative estimate of drug-likeness (QED) is 0.555. The fourth-order valence-corrected chi connectivity index (χ4v) is 1.65. The van der Waals surface area contributed by atoms with Gasteiger partial charge in [0.15, 0.2) is 0 Å². The molecule has 0 amide bonds. The molecule has 16 heavy (non-hydrogen) atoms. The summed E-state index contributed by atoms with van der Waals surface area (Å²) in [5.41, 5.74) is 3.90. The minimum absolute atomic E-state index is 0.205. The molecule has 0 saturated carbocycles. The first-order chi connectivity index (χ1) is 7.36. The third kappa shape index (κ3) is 2.98. The Morgan fingerprint density at radius 3 is 1.94 bits per heavy atom. The summed E-state index contributed by atoms with van der Waals surface area (Å²) in [5, 5.41) is 0. The molecule has 0 bridgehead atoms. The van der Waals surface area contributed by atoms with Gasteiger partial charge in [-0.25, -0.2) is 0 Å².